The smallest absolute Gasteiger partial charge is 0.359 e. The van der Waals surface area contributed by atoms with Gasteiger partial charge in [0.1, 0.15) is 6.54 Å². The van der Waals surface area contributed by atoms with Crippen LogP contribution in [0.15, 0.2) is 30.3 Å². The van der Waals surface area contributed by atoms with Crippen LogP contribution >= 0.6 is 0 Å². The number of hydrogen-bond acceptors (Lipinski definition) is 4. The molecule has 1 heterocycles. The summed E-state index contributed by atoms with van der Waals surface area (Å²) in [5.41, 5.74) is -1.05. The van der Waals surface area contributed by atoms with Crippen LogP contribution in [-0.2, 0) is 19.9 Å². The minimum atomic E-state index is -1.63. The molecule has 0 bridgehead atoms. The number of nitrogens with zero attached hydrogens (tertiary/aromatic N) is 1. The van der Waals surface area contributed by atoms with Crippen molar-refractivity contribution < 1.29 is 46.0 Å². The van der Waals surface area contributed by atoms with Crippen LogP contribution in [0.5, 0.6) is 0 Å². The highest BCUT2D eigenvalue weighted by atomic mass is 79.9. The summed E-state index contributed by atoms with van der Waals surface area (Å²) < 4.78 is 6.07. The average Bonchev–Trinajstić information content (AvgIpc) is 3.25. The fourth-order valence-corrected chi connectivity index (χ4v) is 4.49. The van der Waals surface area contributed by atoms with Gasteiger partial charge in [0.2, 0.25) is 0 Å². The summed E-state index contributed by atoms with van der Waals surface area (Å²) in [4.78, 5) is 24.1. The molecule has 6 nitrogen and oxygen atoms in total. The highest BCUT2D eigenvalue weighted by Crippen LogP contribution is 2.42. The molecular formula is C20H28BrNO5. The van der Waals surface area contributed by atoms with Gasteiger partial charge in [-0.1, -0.05) is 43.2 Å². The topological polar surface area (TPSA) is 83.8 Å². The predicted molar refractivity (Wildman–Crippen MR) is 95.2 cm³/mol. The number of likely N-dealkylation sites (tertiary alicyclic amines) is 1. The van der Waals surface area contributed by atoms with E-state index in [2.05, 4.69) is 0 Å². The number of likely N-dealkylation sites (N-methyl/N-ethyl adjacent to an activating group) is 1. The fourth-order valence-electron chi connectivity index (χ4n) is 4.49. The summed E-state index contributed by atoms with van der Waals surface area (Å²) in [5, 5.41) is 20.5. The Morgan fingerprint density at radius 1 is 1.19 bits per heavy atom. The third-order valence-corrected chi connectivity index (χ3v) is 5.90. The Morgan fingerprint density at radius 2 is 1.81 bits per heavy atom. The number of benzene rings is 1. The van der Waals surface area contributed by atoms with Gasteiger partial charge in [-0.3, -0.25) is 0 Å². The van der Waals surface area contributed by atoms with E-state index >= 15 is 0 Å². The van der Waals surface area contributed by atoms with Crippen molar-refractivity contribution in [2.24, 2.45) is 5.92 Å². The highest BCUT2D eigenvalue weighted by molar-refractivity contribution is 5.81. The Hall–Kier alpha value is -1.44. The lowest BCUT2D eigenvalue weighted by atomic mass is 9.80. The molecule has 7 heteroatoms. The molecule has 3 unspecified atom stereocenters. The number of hydrogen-bond donors (Lipinski definition) is 2. The molecule has 1 aromatic rings. The lowest BCUT2D eigenvalue weighted by Gasteiger charge is -2.33. The van der Waals surface area contributed by atoms with Gasteiger partial charge in [0, 0.05) is 12.3 Å². The molecule has 2 N–H and O–H groups in total. The van der Waals surface area contributed by atoms with Gasteiger partial charge in [-0.05, 0) is 18.4 Å². The van der Waals surface area contributed by atoms with Gasteiger partial charge < -0.3 is 36.4 Å². The zero-order valence-corrected chi connectivity index (χ0v) is 17.2. The maximum Gasteiger partial charge on any atom is 0.359 e. The molecular weight excluding hydrogens is 414 g/mol. The number of esters is 1. The van der Waals surface area contributed by atoms with Crippen LogP contribution in [0.1, 0.15) is 37.7 Å². The summed E-state index contributed by atoms with van der Waals surface area (Å²) in [6.45, 7) is 1.13. The van der Waals surface area contributed by atoms with Crippen LogP contribution in [0.3, 0.4) is 0 Å². The number of halogens is 1. The van der Waals surface area contributed by atoms with E-state index in [1.807, 2.05) is 25.2 Å². The largest absolute Gasteiger partial charge is 1.00 e. The van der Waals surface area contributed by atoms with Crippen molar-refractivity contribution >= 4 is 11.9 Å². The van der Waals surface area contributed by atoms with Crippen molar-refractivity contribution in [3.05, 3.63) is 35.9 Å². The first-order valence-electron chi connectivity index (χ1n) is 9.38. The molecule has 2 aliphatic rings. The molecule has 0 spiro atoms. The number of ether oxygens (including phenoxy) is 1. The Labute approximate surface area is 170 Å². The Kier molecular flexibility index (Phi) is 7.05. The number of carboxylic acids is 1. The maximum atomic E-state index is 13.0. The van der Waals surface area contributed by atoms with E-state index in [0.29, 0.717) is 29.6 Å². The second kappa shape index (κ2) is 8.71. The van der Waals surface area contributed by atoms with Crippen LogP contribution in [0.25, 0.3) is 0 Å². The van der Waals surface area contributed by atoms with Crippen molar-refractivity contribution in [1.82, 2.24) is 0 Å². The number of quaternary nitrogens is 1. The van der Waals surface area contributed by atoms with Crippen LogP contribution in [0.2, 0.25) is 0 Å². The standard InChI is InChI=1S/C20H27NO5.BrH/c1-21(14-18(22)23)12-11-17(13-21)26-19(24)20(25,16-9-5-6-10-16)15-7-3-2-4-8-15;/h2-4,7-8,16-17,25H,5-6,9-14H2,1H3;1H. The van der Waals surface area contributed by atoms with Gasteiger partial charge in [-0.15, -0.1) is 0 Å². The molecule has 3 rings (SSSR count). The molecule has 150 valence electrons. The molecule has 0 aromatic heterocycles. The third-order valence-electron chi connectivity index (χ3n) is 5.90. The van der Waals surface area contributed by atoms with Gasteiger partial charge >= 0.3 is 11.9 Å². The highest BCUT2D eigenvalue weighted by Gasteiger charge is 2.49. The van der Waals surface area contributed by atoms with E-state index in [4.69, 9.17) is 9.84 Å². The molecule has 1 aromatic carbocycles. The van der Waals surface area contributed by atoms with Crippen molar-refractivity contribution in [3.8, 4) is 0 Å². The van der Waals surface area contributed by atoms with Gasteiger partial charge in [0.25, 0.3) is 0 Å². The van der Waals surface area contributed by atoms with Gasteiger partial charge in [0.05, 0.1) is 13.6 Å². The van der Waals surface area contributed by atoms with Crippen LogP contribution in [0, 0.1) is 5.92 Å². The van der Waals surface area contributed by atoms with Crippen LogP contribution in [0.4, 0.5) is 0 Å². The Morgan fingerprint density at radius 3 is 2.41 bits per heavy atom. The van der Waals surface area contributed by atoms with E-state index in [9.17, 15) is 14.7 Å². The fraction of sp³-hybridized carbons (Fsp3) is 0.600. The molecule has 3 atom stereocenters. The lowest BCUT2D eigenvalue weighted by Crippen LogP contribution is -3.00. The molecule has 1 aliphatic carbocycles. The summed E-state index contributed by atoms with van der Waals surface area (Å²) in [6, 6.07) is 9.05. The predicted octanol–water partition coefficient (Wildman–Crippen LogP) is -1.08. The first-order valence-corrected chi connectivity index (χ1v) is 9.38. The van der Waals surface area contributed by atoms with Gasteiger partial charge in [-0.25, -0.2) is 9.59 Å². The van der Waals surface area contributed by atoms with E-state index in [1.165, 1.54) is 0 Å². The SMILES string of the molecule is C[N+]1(CC(=O)O)CCC(OC(=O)C(O)(c2ccccc2)C2CCCC2)C1.[Br-]. The number of carboxylic acid groups (broad SMARTS) is 1. The zero-order chi connectivity index (χ0) is 18.8. The quantitative estimate of drug-likeness (QED) is 0.433. The van der Waals surface area contributed by atoms with Crippen LogP contribution < -0.4 is 17.0 Å². The molecule has 0 radical (unpaired) electrons. The summed E-state index contributed by atoms with van der Waals surface area (Å²) in [6.07, 6.45) is 3.87. The van der Waals surface area contributed by atoms with Gasteiger partial charge in [-0.2, -0.15) is 0 Å². The molecule has 1 aliphatic heterocycles. The molecule has 1 saturated carbocycles. The molecule has 1 saturated heterocycles. The minimum Gasteiger partial charge on any atom is -1.00 e. The van der Waals surface area contributed by atoms with E-state index < -0.39 is 17.5 Å². The second-order valence-electron chi connectivity index (χ2n) is 8.01. The van der Waals surface area contributed by atoms with E-state index in [1.54, 1.807) is 12.1 Å². The lowest BCUT2D eigenvalue weighted by molar-refractivity contribution is -0.891. The maximum absolute atomic E-state index is 13.0. The monoisotopic (exact) mass is 441 g/mol. The van der Waals surface area contributed by atoms with Crippen molar-refractivity contribution in [2.75, 3.05) is 26.7 Å². The van der Waals surface area contributed by atoms with Gasteiger partial charge in [0.15, 0.2) is 18.2 Å². The van der Waals surface area contributed by atoms with Crippen molar-refractivity contribution in [1.29, 1.82) is 0 Å². The summed E-state index contributed by atoms with van der Waals surface area (Å²) >= 11 is 0. The van der Waals surface area contributed by atoms with Crippen molar-refractivity contribution in [2.45, 2.75) is 43.8 Å². The summed E-state index contributed by atoms with van der Waals surface area (Å²) in [7, 11) is 1.86. The Balaban J connectivity index is 0.00000261. The Bertz CT molecular complexity index is 664. The molecule has 0 amide bonds. The number of aliphatic carboxylic acids is 1. The minimum absolute atomic E-state index is 0. The van der Waals surface area contributed by atoms with E-state index in [0.717, 1.165) is 25.7 Å². The van der Waals surface area contributed by atoms with Crippen molar-refractivity contribution in [3.63, 3.8) is 0 Å². The number of rotatable bonds is 6. The number of aliphatic hydroxyl groups is 1. The van der Waals surface area contributed by atoms with Crippen LogP contribution in [-0.4, -0.2) is 59.4 Å². The molecule has 2 fully saturated rings. The third kappa shape index (κ3) is 4.70. The molecule has 27 heavy (non-hydrogen) atoms. The number of carbonyl (C=O) groups excluding carboxylic acids is 1. The average molecular weight is 442 g/mol. The first-order chi connectivity index (χ1) is 12.3. The first kappa shape index (κ1) is 21.9. The summed E-state index contributed by atoms with van der Waals surface area (Å²) in [5.74, 6) is -1.59. The second-order valence-corrected chi connectivity index (χ2v) is 8.01. The number of carbonyl (C=O) groups is 2. The zero-order valence-electron chi connectivity index (χ0n) is 15.6. The normalized spacial score (nSPS) is 27.6. The van der Waals surface area contributed by atoms with E-state index in [-0.39, 0.29) is 35.5 Å².